The molecule has 3 aromatic rings. The number of amides is 1. The number of likely N-dealkylation sites (tertiary alicyclic amines) is 1. The largest absolute Gasteiger partial charge is 0.391 e. The first-order valence-corrected chi connectivity index (χ1v) is 10.3. The quantitative estimate of drug-likeness (QED) is 0.725. The van der Waals surface area contributed by atoms with Crippen LogP contribution in [0.25, 0.3) is 10.9 Å². The lowest BCUT2D eigenvalue weighted by Gasteiger charge is -2.17. The number of rotatable bonds is 5. The van der Waals surface area contributed by atoms with Crippen molar-refractivity contribution in [2.45, 2.75) is 46.3 Å². The van der Waals surface area contributed by atoms with Gasteiger partial charge in [0, 0.05) is 35.8 Å². The first kappa shape index (κ1) is 19.6. The van der Waals surface area contributed by atoms with Crippen molar-refractivity contribution in [2.24, 2.45) is 5.92 Å². The summed E-state index contributed by atoms with van der Waals surface area (Å²) in [6.07, 6.45) is 1.05. The van der Waals surface area contributed by atoms with Crippen molar-refractivity contribution in [3.05, 3.63) is 59.0 Å². The summed E-state index contributed by atoms with van der Waals surface area (Å²) >= 11 is 0. The molecule has 1 aliphatic rings. The molecule has 1 aromatic carbocycles. The normalized spacial score (nSPS) is 19.2. The van der Waals surface area contributed by atoms with Crippen LogP contribution in [0.2, 0.25) is 0 Å². The molecule has 4 rings (SSSR count). The number of nitrogens with zero attached hydrogens (tertiary/aromatic N) is 4. The molecule has 0 spiro atoms. The molecule has 2 atom stereocenters. The van der Waals surface area contributed by atoms with E-state index in [9.17, 15) is 9.90 Å². The molecule has 2 aromatic heterocycles. The zero-order valence-electron chi connectivity index (χ0n) is 17.3. The Labute approximate surface area is 171 Å². The van der Waals surface area contributed by atoms with Gasteiger partial charge in [-0.1, -0.05) is 31.2 Å². The number of aliphatic hydroxyl groups excluding tert-OH is 1. The summed E-state index contributed by atoms with van der Waals surface area (Å²) in [5, 5.41) is 16.2. The van der Waals surface area contributed by atoms with Crippen LogP contribution in [0.1, 0.15) is 29.6 Å². The van der Waals surface area contributed by atoms with Gasteiger partial charge in [-0.3, -0.25) is 14.5 Å². The van der Waals surface area contributed by atoms with Crippen LogP contribution in [0.4, 0.5) is 0 Å². The molecule has 29 heavy (non-hydrogen) atoms. The van der Waals surface area contributed by atoms with E-state index in [4.69, 9.17) is 4.98 Å². The van der Waals surface area contributed by atoms with Gasteiger partial charge in [0.25, 0.3) is 0 Å². The van der Waals surface area contributed by atoms with Gasteiger partial charge in [0.15, 0.2) is 0 Å². The van der Waals surface area contributed by atoms with Crippen LogP contribution in [0.3, 0.4) is 0 Å². The molecule has 6 heteroatoms. The van der Waals surface area contributed by atoms with Crippen LogP contribution in [0.15, 0.2) is 36.4 Å². The van der Waals surface area contributed by atoms with Crippen LogP contribution in [-0.2, 0) is 24.2 Å². The molecule has 6 nitrogen and oxygen atoms in total. The van der Waals surface area contributed by atoms with Crippen LogP contribution in [0.5, 0.6) is 0 Å². The highest BCUT2D eigenvalue weighted by molar-refractivity contribution is 5.78. The number of β-amino-alcohol motifs (C(OH)–C–C–N with tert-alkyl or cyclic N) is 1. The number of hydrogen-bond acceptors (Lipinski definition) is 4. The third-order valence-corrected chi connectivity index (χ3v) is 6.06. The van der Waals surface area contributed by atoms with Crippen LogP contribution < -0.4 is 0 Å². The minimum absolute atomic E-state index is 0.000676. The molecule has 0 radical (unpaired) electrons. The average Bonchev–Trinajstić information content (AvgIpc) is 3.20. The highest BCUT2D eigenvalue weighted by atomic mass is 16.3. The first-order chi connectivity index (χ1) is 14.0. The smallest absolute Gasteiger partial charge is 0.244 e. The van der Waals surface area contributed by atoms with Crippen LogP contribution in [0, 0.1) is 19.8 Å². The van der Waals surface area contributed by atoms with E-state index in [0.717, 1.165) is 34.4 Å². The summed E-state index contributed by atoms with van der Waals surface area (Å²) in [7, 11) is 0. The molecule has 1 amide bonds. The van der Waals surface area contributed by atoms with Gasteiger partial charge >= 0.3 is 0 Å². The Morgan fingerprint density at radius 3 is 2.72 bits per heavy atom. The predicted octanol–water partition coefficient (Wildman–Crippen LogP) is 2.67. The Bertz CT molecular complexity index is 1040. The molecule has 0 saturated carbocycles. The lowest BCUT2D eigenvalue weighted by molar-refractivity contribution is -0.131. The monoisotopic (exact) mass is 392 g/mol. The molecule has 0 aliphatic carbocycles. The molecule has 0 unspecified atom stereocenters. The van der Waals surface area contributed by atoms with E-state index in [1.807, 2.05) is 44.2 Å². The standard InChI is InChI=1S/C23H28N4O2/c1-4-20-15(2)25-27(16(20)3)14-23(29)26-12-18(22(28)13-26)11-19-10-9-17-7-5-6-8-21(17)24-19/h5-10,18,22,28H,4,11-14H2,1-3H3/t18-,22-/m1/s1. The fraction of sp³-hybridized carbons (Fsp3) is 0.435. The molecule has 1 aliphatic heterocycles. The molecule has 1 fully saturated rings. The second-order valence-electron chi connectivity index (χ2n) is 7.99. The fourth-order valence-electron chi connectivity index (χ4n) is 4.38. The average molecular weight is 393 g/mol. The van der Waals surface area contributed by atoms with Gasteiger partial charge in [-0.25, -0.2) is 0 Å². The highest BCUT2D eigenvalue weighted by Crippen LogP contribution is 2.23. The number of aryl methyl sites for hydroxylation is 1. The molecule has 152 valence electrons. The Balaban J connectivity index is 1.43. The number of carbonyl (C=O) groups is 1. The zero-order chi connectivity index (χ0) is 20.5. The van der Waals surface area contributed by atoms with Crippen molar-refractivity contribution >= 4 is 16.8 Å². The van der Waals surface area contributed by atoms with E-state index < -0.39 is 6.10 Å². The molecule has 3 heterocycles. The summed E-state index contributed by atoms with van der Waals surface area (Å²) in [6, 6.07) is 12.1. The topological polar surface area (TPSA) is 71.2 Å². The number of hydrogen-bond donors (Lipinski definition) is 1. The summed E-state index contributed by atoms with van der Waals surface area (Å²) in [5.74, 6) is 0.00513. The minimum Gasteiger partial charge on any atom is -0.391 e. The second kappa shape index (κ2) is 7.95. The summed E-state index contributed by atoms with van der Waals surface area (Å²) in [4.78, 5) is 19.3. The molecular formula is C23H28N4O2. The molecule has 0 bridgehead atoms. The summed E-state index contributed by atoms with van der Waals surface area (Å²) in [5.41, 5.74) is 5.16. The SMILES string of the molecule is CCc1c(C)nn(CC(=O)N2C[C@@H](Cc3ccc4ccccc4n3)[C@H](O)C2)c1C. The fourth-order valence-corrected chi connectivity index (χ4v) is 4.38. The van der Waals surface area contributed by atoms with Crippen molar-refractivity contribution in [3.8, 4) is 0 Å². The zero-order valence-corrected chi connectivity index (χ0v) is 17.3. The van der Waals surface area contributed by atoms with Crippen LogP contribution >= 0.6 is 0 Å². The minimum atomic E-state index is -0.529. The number of carbonyl (C=O) groups excluding carboxylic acids is 1. The van der Waals surface area contributed by atoms with Crippen molar-refractivity contribution in [1.29, 1.82) is 0 Å². The van der Waals surface area contributed by atoms with Gasteiger partial charge in [0.2, 0.25) is 5.91 Å². The number of fused-ring (bicyclic) bond motifs is 1. The Morgan fingerprint density at radius 1 is 1.17 bits per heavy atom. The van der Waals surface area contributed by atoms with Crippen molar-refractivity contribution in [1.82, 2.24) is 19.7 Å². The van der Waals surface area contributed by atoms with Crippen LogP contribution in [-0.4, -0.2) is 49.9 Å². The lowest BCUT2D eigenvalue weighted by Crippen LogP contribution is -2.33. The first-order valence-electron chi connectivity index (χ1n) is 10.3. The van der Waals surface area contributed by atoms with Gasteiger partial charge in [0.05, 0.1) is 17.3 Å². The highest BCUT2D eigenvalue weighted by Gasteiger charge is 2.34. The Kier molecular flexibility index (Phi) is 5.37. The van der Waals surface area contributed by atoms with Gasteiger partial charge in [-0.2, -0.15) is 5.10 Å². The van der Waals surface area contributed by atoms with Crippen molar-refractivity contribution < 1.29 is 9.90 Å². The second-order valence-corrected chi connectivity index (χ2v) is 7.99. The van der Waals surface area contributed by atoms with Gasteiger partial charge < -0.3 is 10.0 Å². The number of aliphatic hydroxyl groups is 1. The van der Waals surface area contributed by atoms with E-state index in [2.05, 4.69) is 18.1 Å². The Hall–Kier alpha value is -2.73. The van der Waals surface area contributed by atoms with E-state index in [0.29, 0.717) is 19.5 Å². The maximum Gasteiger partial charge on any atom is 0.244 e. The molecule has 1 N–H and O–H groups in total. The predicted molar refractivity (Wildman–Crippen MR) is 113 cm³/mol. The maximum atomic E-state index is 12.8. The van der Waals surface area contributed by atoms with E-state index in [1.165, 1.54) is 5.56 Å². The molecular weight excluding hydrogens is 364 g/mol. The van der Waals surface area contributed by atoms with E-state index >= 15 is 0 Å². The van der Waals surface area contributed by atoms with E-state index in [1.54, 1.807) is 9.58 Å². The van der Waals surface area contributed by atoms with Gasteiger partial charge in [-0.15, -0.1) is 0 Å². The van der Waals surface area contributed by atoms with Crippen molar-refractivity contribution in [2.75, 3.05) is 13.1 Å². The van der Waals surface area contributed by atoms with E-state index in [-0.39, 0.29) is 18.4 Å². The third-order valence-electron chi connectivity index (χ3n) is 6.06. The Morgan fingerprint density at radius 2 is 1.97 bits per heavy atom. The lowest BCUT2D eigenvalue weighted by atomic mass is 9.99. The third kappa shape index (κ3) is 3.90. The van der Waals surface area contributed by atoms with Gasteiger partial charge in [-0.05, 0) is 44.4 Å². The number of aromatic nitrogens is 3. The van der Waals surface area contributed by atoms with Crippen molar-refractivity contribution in [3.63, 3.8) is 0 Å². The number of benzene rings is 1. The molecule has 1 saturated heterocycles. The maximum absolute atomic E-state index is 12.8. The number of para-hydroxylation sites is 1. The number of pyridine rings is 1. The summed E-state index contributed by atoms with van der Waals surface area (Å²) < 4.78 is 1.79. The summed E-state index contributed by atoms with van der Waals surface area (Å²) in [6.45, 7) is 7.25. The van der Waals surface area contributed by atoms with Gasteiger partial charge in [0.1, 0.15) is 6.54 Å².